The third kappa shape index (κ3) is 4.74. The molecule has 0 fully saturated rings. The number of nitrogens with zero attached hydrogens (tertiary/aromatic N) is 5. The molecule has 1 spiro atoms. The average Bonchev–Trinajstić information content (AvgIpc) is 3.74. The minimum Gasteiger partial charge on any atom is -0.333 e. The van der Waals surface area contributed by atoms with Gasteiger partial charge in [-0.3, -0.25) is 0 Å². The molecule has 0 N–H and O–H groups in total. The Kier molecular flexibility index (Phi) is 7.29. The third-order valence-corrected chi connectivity index (χ3v) is 11.6. The summed E-state index contributed by atoms with van der Waals surface area (Å²) in [5, 5.41) is 0. The molecule has 1 aliphatic heterocycles. The highest BCUT2D eigenvalue weighted by molar-refractivity contribution is 6.13. The van der Waals surface area contributed by atoms with Crippen molar-refractivity contribution in [3.8, 4) is 45.0 Å². The molecule has 2 aliphatic carbocycles. The second-order valence-electron chi connectivity index (χ2n) is 14.6. The van der Waals surface area contributed by atoms with Gasteiger partial charge in [-0.15, -0.1) is 0 Å². The summed E-state index contributed by atoms with van der Waals surface area (Å²) in [6, 6.07) is 66.3. The van der Waals surface area contributed by atoms with E-state index in [1.807, 2.05) is 24.3 Å². The molecule has 5 heteroatoms. The molecule has 7 aromatic carbocycles. The molecule has 0 radical (unpaired) electrons. The molecule has 11 rings (SSSR count). The van der Waals surface area contributed by atoms with Crippen LogP contribution in [0, 0.1) is 0 Å². The SMILES string of the molecule is CN1C(c2ccccc2)=NC(c2ccc(-c3nc(-c4ccccc4)c4c(n3)-c3ccccc3C43c4ccccc4-c4ccccc43)cc2)=NC1c1ccccc1. The van der Waals surface area contributed by atoms with Crippen LogP contribution in [-0.2, 0) is 5.41 Å². The van der Waals surface area contributed by atoms with Gasteiger partial charge >= 0.3 is 0 Å². The van der Waals surface area contributed by atoms with Gasteiger partial charge in [0.25, 0.3) is 0 Å². The summed E-state index contributed by atoms with van der Waals surface area (Å²) in [7, 11) is 2.06. The highest BCUT2D eigenvalue weighted by Gasteiger charge is 2.54. The predicted octanol–water partition coefficient (Wildman–Crippen LogP) is 11.0. The van der Waals surface area contributed by atoms with Crippen LogP contribution in [0.3, 0.4) is 0 Å². The number of amidine groups is 2. The maximum atomic E-state index is 5.51. The lowest BCUT2D eigenvalue weighted by atomic mass is 9.69. The Hall–Kier alpha value is -7.24. The molecule has 5 nitrogen and oxygen atoms in total. The molecule has 0 bridgehead atoms. The number of aromatic nitrogens is 2. The molecule has 0 amide bonds. The molecule has 1 aromatic heterocycles. The van der Waals surface area contributed by atoms with Gasteiger partial charge in [0.15, 0.2) is 11.7 Å². The molecule has 0 saturated heterocycles. The predicted molar refractivity (Wildman–Crippen MR) is 226 cm³/mol. The lowest BCUT2D eigenvalue weighted by molar-refractivity contribution is 0.383. The molecule has 2 heterocycles. The van der Waals surface area contributed by atoms with E-state index in [1.54, 1.807) is 0 Å². The second-order valence-corrected chi connectivity index (χ2v) is 14.6. The van der Waals surface area contributed by atoms with E-state index in [0.717, 1.165) is 56.2 Å². The molecule has 0 saturated carbocycles. The van der Waals surface area contributed by atoms with Crippen molar-refractivity contribution in [2.45, 2.75) is 11.6 Å². The van der Waals surface area contributed by atoms with E-state index in [-0.39, 0.29) is 6.17 Å². The van der Waals surface area contributed by atoms with Gasteiger partial charge in [0.1, 0.15) is 12.0 Å². The van der Waals surface area contributed by atoms with Gasteiger partial charge in [0, 0.05) is 40.4 Å². The van der Waals surface area contributed by atoms with Gasteiger partial charge in [0.2, 0.25) is 0 Å². The van der Waals surface area contributed by atoms with Crippen LogP contribution in [0.1, 0.15) is 45.1 Å². The van der Waals surface area contributed by atoms with E-state index in [9.17, 15) is 0 Å². The van der Waals surface area contributed by atoms with Crippen molar-refractivity contribution < 1.29 is 0 Å². The third-order valence-electron chi connectivity index (χ3n) is 11.6. The van der Waals surface area contributed by atoms with Crippen molar-refractivity contribution in [3.05, 3.63) is 227 Å². The number of benzene rings is 7. The lowest BCUT2D eigenvalue weighted by Gasteiger charge is -2.32. The number of fused-ring (bicyclic) bond motifs is 10. The average molecular weight is 718 g/mol. The van der Waals surface area contributed by atoms with Gasteiger partial charge < -0.3 is 4.90 Å². The van der Waals surface area contributed by atoms with Crippen LogP contribution < -0.4 is 0 Å². The Morgan fingerprint density at radius 2 is 0.929 bits per heavy atom. The molecule has 56 heavy (non-hydrogen) atoms. The fourth-order valence-corrected chi connectivity index (χ4v) is 9.10. The number of aliphatic imine (C=N–C) groups is 2. The van der Waals surface area contributed by atoms with E-state index in [0.29, 0.717) is 11.7 Å². The summed E-state index contributed by atoms with van der Waals surface area (Å²) in [4.78, 5) is 23.5. The smallest absolute Gasteiger partial charge is 0.160 e. The summed E-state index contributed by atoms with van der Waals surface area (Å²) >= 11 is 0. The molecule has 1 unspecified atom stereocenters. The van der Waals surface area contributed by atoms with Gasteiger partial charge in [0.05, 0.1) is 16.8 Å². The van der Waals surface area contributed by atoms with Crippen LogP contribution in [0.15, 0.2) is 198 Å². The Labute approximate surface area is 326 Å². The van der Waals surface area contributed by atoms with E-state index in [2.05, 4.69) is 176 Å². The van der Waals surface area contributed by atoms with Gasteiger partial charge in [-0.2, -0.15) is 0 Å². The number of hydrogen-bond donors (Lipinski definition) is 0. The standard InChI is InChI=1S/C51H35N5/c1-56-49(36-19-7-3-8-20-36)54-48(55-50(56)37-21-9-4-10-22-37)35-31-29-34(30-32-35)47-52-45(33-17-5-2-6-18-33)44-46(53-47)40-25-13-16-28-43(40)51(44)41-26-14-11-23-38(41)39-24-12-15-27-42(39)51/h2-32,49H,1H3. The normalized spacial score (nSPS) is 15.7. The first-order valence-electron chi connectivity index (χ1n) is 19.1. The molecular weight excluding hydrogens is 683 g/mol. The molecule has 1 atom stereocenters. The van der Waals surface area contributed by atoms with Gasteiger partial charge in [-0.05, 0) is 33.4 Å². The van der Waals surface area contributed by atoms with Crippen LogP contribution in [0.2, 0.25) is 0 Å². The van der Waals surface area contributed by atoms with Crippen molar-refractivity contribution in [3.63, 3.8) is 0 Å². The van der Waals surface area contributed by atoms with Gasteiger partial charge in [-0.25, -0.2) is 20.0 Å². The molecule has 3 aliphatic rings. The topological polar surface area (TPSA) is 53.7 Å². The highest BCUT2D eigenvalue weighted by Crippen LogP contribution is 2.64. The first-order valence-corrected chi connectivity index (χ1v) is 19.1. The summed E-state index contributed by atoms with van der Waals surface area (Å²) < 4.78 is 0. The largest absolute Gasteiger partial charge is 0.333 e. The van der Waals surface area contributed by atoms with Crippen molar-refractivity contribution in [1.29, 1.82) is 0 Å². The zero-order chi connectivity index (χ0) is 37.2. The zero-order valence-electron chi connectivity index (χ0n) is 30.7. The second kappa shape index (κ2) is 12.7. The Balaban J connectivity index is 1.09. The van der Waals surface area contributed by atoms with Crippen molar-refractivity contribution >= 4 is 11.7 Å². The molecule has 264 valence electrons. The Bertz CT molecular complexity index is 2820. The Morgan fingerprint density at radius 1 is 0.446 bits per heavy atom. The maximum Gasteiger partial charge on any atom is 0.160 e. The van der Waals surface area contributed by atoms with Crippen LogP contribution in [0.5, 0.6) is 0 Å². The molecular formula is C51H35N5. The molecule has 8 aromatic rings. The fraction of sp³-hybridized carbons (Fsp3) is 0.0588. The van der Waals surface area contributed by atoms with Crippen LogP contribution in [0.4, 0.5) is 0 Å². The van der Waals surface area contributed by atoms with E-state index < -0.39 is 5.41 Å². The monoisotopic (exact) mass is 717 g/mol. The van der Waals surface area contributed by atoms with E-state index in [1.165, 1.54) is 27.8 Å². The minimum absolute atomic E-state index is 0.217. The van der Waals surface area contributed by atoms with Gasteiger partial charge in [-0.1, -0.05) is 188 Å². The number of rotatable bonds is 5. The van der Waals surface area contributed by atoms with Crippen molar-refractivity contribution in [2.75, 3.05) is 7.05 Å². The van der Waals surface area contributed by atoms with Crippen LogP contribution >= 0.6 is 0 Å². The summed E-state index contributed by atoms with van der Waals surface area (Å²) in [5.41, 5.74) is 15.0. The first kappa shape index (κ1) is 32.2. The fourth-order valence-electron chi connectivity index (χ4n) is 9.10. The highest BCUT2D eigenvalue weighted by atomic mass is 15.3. The van der Waals surface area contributed by atoms with Crippen molar-refractivity contribution in [2.24, 2.45) is 9.98 Å². The van der Waals surface area contributed by atoms with Crippen molar-refractivity contribution in [1.82, 2.24) is 14.9 Å². The number of hydrogen-bond acceptors (Lipinski definition) is 5. The van der Waals surface area contributed by atoms with E-state index in [4.69, 9.17) is 20.0 Å². The summed E-state index contributed by atoms with van der Waals surface area (Å²) in [6.07, 6.45) is -0.217. The minimum atomic E-state index is -0.553. The first-order chi connectivity index (χ1) is 27.7. The summed E-state index contributed by atoms with van der Waals surface area (Å²) in [6.45, 7) is 0. The lowest BCUT2D eigenvalue weighted by Crippen LogP contribution is -2.35. The maximum absolute atomic E-state index is 5.51. The Morgan fingerprint density at radius 3 is 1.55 bits per heavy atom. The van der Waals surface area contributed by atoms with Crippen LogP contribution in [-0.4, -0.2) is 33.6 Å². The zero-order valence-corrected chi connectivity index (χ0v) is 30.7. The summed E-state index contributed by atoms with van der Waals surface area (Å²) in [5.74, 6) is 2.25. The van der Waals surface area contributed by atoms with Crippen LogP contribution in [0.25, 0.3) is 45.0 Å². The van der Waals surface area contributed by atoms with E-state index >= 15 is 0 Å². The quantitative estimate of drug-likeness (QED) is 0.178.